The van der Waals surface area contributed by atoms with Crippen molar-refractivity contribution in [3.05, 3.63) is 45.4 Å². The Morgan fingerprint density at radius 3 is 3.11 bits per heavy atom. The van der Waals surface area contributed by atoms with Crippen LogP contribution in [0.4, 0.5) is 0 Å². The largest absolute Gasteiger partial charge is 0.250 e. The van der Waals surface area contributed by atoms with Crippen LogP contribution in [0.1, 0.15) is 24.7 Å². The molecule has 0 fully saturated rings. The molecule has 1 aromatic carbocycles. The molecule has 0 atom stereocenters. The predicted octanol–water partition coefficient (Wildman–Crippen LogP) is 3.43. The van der Waals surface area contributed by atoms with E-state index in [-0.39, 0.29) is 0 Å². The molecule has 18 heavy (non-hydrogen) atoms. The first-order chi connectivity index (χ1) is 8.70. The van der Waals surface area contributed by atoms with Gasteiger partial charge in [0.2, 0.25) is 4.77 Å². The number of H-pyrrole nitrogens is 1. The minimum atomic E-state index is 0.497. The topological polar surface area (TPSA) is 46.0 Å². The molecule has 0 aliphatic heterocycles. The van der Waals surface area contributed by atoms with Gasteiger partial charge in [-0.2, -0.15) is 14.9 Å². The zero-order chi connectivity index (χ0) is 13.0. The van der Waals surface area contributed by atoms with Crippen LogP contribution < -0.4 is 0 Å². The van der Waals surface area contributed by atoms with Crippen LogP contribution >= 0.6 is 23.8 Å². The molecule has 1 heterocycles. The van der Waals surface area contributed by atoms with Crippen molar-refractivity contribution in [2.24, 2.45) is 5.10 Å². The van der Waals surface area contributed by atoms with Gasteiger partial charge in [0.1, 0.15) is 0 Å². The van der Waals surface area contributed by atoms with E-state index in [1.54, 1.807) is 10.9 Å². The number of nitrogens with one attached hydrogen (secondary N) is 1. The fraction of sp³-hybridized carbons (Fsp3) is 0.250. The van der Waals surface area contributed by atoms with E-state index in [2.05, 4.69) is 22.2 Å². The second-order valence-electron chi connectivity index (χ2n) is 3.81. The molecule has 0 aliphatic carbocycles. The molecular formula is C12H13ClN4S. The van der Waals surface area contributed by atoms with Gasteiger partial charge in [-0.3, -0.25) is 5.10 Å². The normalized spacial score (nSPS) is 11.2. The molecule has 0 spiro atoms. The van der Waals surface area contributed by atoms with E-state index in [0.29, 0.717) is 9.79 Å². The summed E-state index contributed by atoms with van der Waals surface area (Å²) in [4.78, 5) is 0. The molecule has 1 N–H and O–H groups in total. The minimum absolute atomic E-state index is 0.497. The van der Waals surface area contributed by atoms with Crippen LogP contribution in [0.2, 0.25) is 5.02 Å². The van der Waals surface area contributed by atoms with Gasteiger partial charge in [-0.1, -0.05) is 30.7 Å². The first kappa shape index (κ1) is 13.0. The Morgan fingerprint density at radius 1 is 1.56 bits per heavy atom. The van der Waals surface area contributed by atoms with Crippen molar-refractivity contribution in [2.75, 3.05) is 0 Å². The lowest BCUT2D eigenvalue weighted by molar-refractivity contribution is 0.740. The number of aromatic nitrogens is 3. The molecule has 0 aliphatic rings. The number of nitrogens with zero attached hydrogens (tertiary/aromatic N) is 3. The molecule has 0 bridgehead atoms. The lowest BCUT2D eigenvalue weighted by Gasteiger charge is -1.98. The maximum atomic E-state index is 5.91. The van der Waals surface area contributed by atoms with Gasteiger partial charge >= 0.3 is 0 Å². The Balaban J connectivity index is 2.28. The van der Waals surface area contributed by atoms with Gasteiger partial charge in [0, 0.05) is 11.4 Å². The molecule has 0 saturated carbocycles. The summed E-state index contributed by atoms with van der Waals surface area (Å²) in [6.45, 7) is 2.09. The van der Waals surface area contributed by atoms with Gasteiger partial charge in [0.05, 0.1) is 6.21 Å². The third-order valence-electron chi connectivity index (χ3n) is 2.36. The van der Waals surface area contributed by atoms with E-state index >= 15 is 0 Å². The zero-order valence-electron chi connectivity index (χ0n) is 9.93. The van der Waals surface area contributed by atoms with Crippen molar-refractivity contribution >= 4 is 30.0 Å². The highest BCUT2D eigenvalue weighted by Gasteiger charge is 2.02. The number of hydrogen-bond donors (Lipinski definition) is 1. The molecule has 0 radical (unpaired) electrons. The number of aromatic amines is 1. The van der Waals surface area contributed by atoms with E-state index in [4.69, 9.17) is 23.8 Å². The second-order valence-corrected chi connectivity index (χ2v) is 4.63. The maximum absolute atomic E-state index is 5.91. The summed E-state index contributed by atoms with van der Waals surface area (Å²) in [5.41, 5.74) is 0.924. The van der Waals surface area contributed by atoms with Crippen LogP contribution in [0.15, 0.2) is 29.4 Å². The van der Waals surface area contributed by atoms with Crippen LogP contribution in [-0.4, -0.2) is 21.1 Å². The number of benzene rings is 1. The van der Waals surface area contributed by atoms with Crippen LogP contribution in [0.3, 0.4) is 0 Å². The van der Waals surface area contributed by atoms with Gasteiger partial charge in [-0.15, -0.1) is 0 Å². The Morgan fingerprint density at radius 2 is 2.39 bits per heavy atom. The van der Waals surface area contributed by atoms with Crippen molar-refractivity contribution in [3.8, 4) is 0 Å². The van der Waals surface area contributed by atoms with Gasteiger partial charge in [-0.25, -0.2) is 0 Å². The maximum Gasteiger partial charge on any atom is 0.216 e. The number of rotatable bonds is 4. The van der Waals surface area contributed by atoms with Crippen LogP contribution in [0, 0.1) is 4.77 Å². The number of hydrogen-bond acceptors (Lipinski definition) is 3. The molecule has 0 unspecified atom stereocenters. The molecule has 0 saturated heterocycles. The molecule has 94 valence electrons. The lowest BCUT2D eigenvalue weighted by atomic mass is 10.2. The highest BCUT2D eigenvalue weighted by atomic mass is 35.5. The molecule has 4 nitrogen and oxygen atoms in total. The van der Waals surface area contributed by atoms with Gasteiger partial charge in [0.25, 0.3) is 0 Å². The Labute approximate surface area is 115 Å². The first-order valence-corrected chi connectivity index (χ1v) is 6.45. The number of halogens is 1. The monoisotopic (exact) mass is 280 g/mol. The van der Waals surface area contributed by atoms with Crippen LogP contribution in [0.5, 0.6) is 0 Å². The van der Waals surface area contributed by atoms with Crippen molar-refractivity contribution in [1.29, 1.82) is 0 Å². The van der Waals surface area contributed by atoms with E-state index in [1.807, 2.05) is 24.3 Å². The van der Waals surface area contributed by atoms with E-state index in [1.165, 1.54) is 0 Å². The second kappa shape index (κ2) is 5.93. The Kier molecular flexibility index (Phi) is 4.28. The quantitative estimate of drug-likeness (QED) is 0.689. The SMILES string of the molecule is CCCc1n[nH]c(=S)n1/N=C/c1cccc(Cl)c1. The fourth-order valence-electron chi connectivity index (χ4n) is 1.54. The first-order valence-electron chi connectivity index (χ1n) is 5.67. The lowest BCUT2D eigenvalue weighted by Crippen LogP contribution is -1.98. The summed E-state index contributed by atoms with van der Waals surface area (Å²) in [5, 5.41) is 11.9. The predicted molar refractivity (Wildman–Crippen MR) is 75.9 cm³/mol. The summed E-state index contributed by atoms with van der Waals surface area (Å²) in [5.74, 6) is 0.834. The van der Waals surface area contributed by atoms with Crippen molar-refractivity contribution in [3.63, 3.8) is 0 Å². The fourth-order valence-corrected chi connectivity index (χ4v) is 1.94. The van der Waals surface area contributed by atoms with Crippen LogP contribution in [0.25, 0.3) is 0 Å². The Hall–Kier alpha value is -1.46. The highest BCUT2D eigenvalue weighted by molar-refractivity contribution is 7.71. The molecule has 6 heteroatoms. The molecule has 2 aromatic rings. The van der Waals surface area contributed by atoms with E-state index < -0.39 is 0 Å². The van der Waals surface area contributed by atoms with Gasteiger partial charge < -0.3 is 0 Å². The smallest absolute Gasteiger partial charge is 0.216 e. The highest BCUT2D eigenvalue weighted by Crippen LogP contribution is 2.09. The van der Waals surface area contributed by atoms with Crippen LogP contribution in [-0.2, 0) is 6.42 Å². The minimum Gasteiger partial charge on any atom is -0.250 e. The molecular weight excluding hydrogens is 268 g/mol. The summed E-state index contributed by atoms with van der Waals surface area (Å²) in [7, 11) is 0. The Bertz CT molecular complexity index is 615. The van der Waals surface area contributed by atoms with E-state index in [9.17, 15) is 0 Å². The van der Waals surface area contributed by atoms with E-state index in [0.717, 1.165) is 24.2 Å². The molecule has 1 aromatic heterocycles. The number of aryl methyl sites for hydroxylation is 1. The zero-order valence-corrected chi connectivity index (χ0v) is 11.5. The van der Waals surface area contributed by atoms with Crippen molar-refractivity contribution in [1.82, 2.24) is 14.9 Å². The van der Waals surface area contributed by atoms with Gasteiger partial charge in [-0.05, 0) is 36.3 Å². The summed E-state index contributed by atoms with van der Waals surface area (Å²) in [6, 6.07) is 7.48. The molecule has 2 rings (SSSR count). The average Bonchev–Trinajstić information content (AvgIpc) is 2.69. The third-order valence-corrected chi connectivity index (χ3v) is 2.86. The summed E-state index contributed by atoms with van der Waals surface area (Å²) in [6.07, 6.45) is 3.54. The standard InChI is InChI=1S/C12H13ClN4S/c1-2-4-11-15-16-12(18)17(11)14-8-9-5-3-6-10(13)7-9/h3,5-8H,2,4H2,1H3,(H,16,18)/b14-8+. The van der Waals surface area contributed by atoms with Crippen molar-refractivity contribution in [2.45, 2.75) is 19.8 Å². The van der Waals surface area contributed by atoms with Crippen molar-refractivity contribution < 1.29 is 0 Å². The summed E-state index contributed by atoms with van der Waals surface area (Å²) >= 11 is 11.0. The van der Waals surface area contributed by atoms with Gasteiger partial charge in [0.15, 0.2) is 5.82 Å². The summed E-state index contributed by atoms with van der Waals surface area (Å²) < 4.78 is 2.14. The molecule has 0 amide bonds. The average molecular weight is 281 g/mol. The third kappa shape index (κ3) is 3.05.